The highest BCUT2D eigenvalue weighted by Gasteiger charge is 2.23. The minimum Gasteiger partial charge on any atom is -0.464 e. The number of furan rings is 1. The van der Waals surface area contributed by atoms with Gasteiger partial charge in [-0.15, -0.1) is 0 Å². The van der Waals surface area contributed by atoms with Crippen molar-refractivity contribution in [1.82, 2.24) is 10.6 Å². The van der Waals surface area contributed by atoms with E-state index in [9.17, 15) is 4.79 Å². The van der Waals surface area contributed by atoms with Crippen molar-refractivity contribution in [2.75, 3.05) is 6.54 Å². The Morgan fingerprint density at radius 2 is 2.44 bits per heavy atom. The summed E-state index contributed by atoms with van der Waals surface area (Å²) in [5.41, 5.74) is 0. The summed E-state index contributed by atoms with van der Waals surface area (Å²) in [6.45, 7) is 4.77. The van der Waals surface area contributed by atoms with Crippen LogP contribution < -0.4 is 10.6 Å². The van der Waals surface area contributed by atoms with Gasteiger partial charge in [0.1, 0.15) is 11.5 Å². The molecule has 1 unspecified atom stereocenters. The molecule has 0 spiro atoms. The van der Waals surface area contributed by atoms with Gasteiger partial charge in [0, 0.05) is 0 Å². The molecule has 2 rings (SSSR count). The van der Waals surface area contributed by atoms with Gasteiger partial charge in [0.25, 0.3) is 0 Å². The molecule has 88 valence electrons. The van der Waals surface area contributed by atoms with E-state index >= 15 is 0 Å². The van der Waals surface area contributed by atoms with Crippen molar-refractivity contribution >= 4 is 5.91 Å². The van der Waals surface area contributed by atoms with E-state index in [-0.39, 0.29) is 18.0 Å². The van der Waals surface area contributed by atoms with Crippen LogP contribution in [0.5, 0.6) is 0 Å². The fraction of sp³-hybridized carbons (Fsp3) is 0.583. The minimum absolute atomic E-state index is 0.0292. The molecule has 0 bridgehead atoms. The molecule has 2 N–H and O–H groups in total. The Bertz CT molecular complexity index is 367. The number of rotatable bonds is 3. The van der Waals surface area contributed by atoms with Crippen LogP contribution in [0.3, 0.4) is 0 Å². The number of amides is 1. The number of aryl methyl sites for hydroxylation is 1. The Morgan fingerprint density at radius 1 is 1.62 bits per heavy atom. The Kier molecular flexibility index (Phi) is 3.29. The maximum atomic E-state index is 11.8. The molecular weight excluding hydrogens is 204 g/mol. The van der Waals surface area contributed by atoms with E-state index in [0.717, 1.165) is 30.9 Å². The smallest absolute Gasteiger partial charge is 0.237 e. The van der Waals surface area contributed by atoms with Gasteiger partial charge in [-0.05, 0) is 45.4 Å². The van der Waals surface area contributed by atoms with Crippen molar-refractivity contribution in [2.45, 2.75) is 38.8 Å². The van der Waals surface area contributed by atoms with Crippen molar-refractivity contribution in [1.29, 1.82) is 0 Å². The van der Waals surface area contributed by atoms with E-state index in [1.165, 1.54) is 0 Å². The van der Waals surface area contributed by atoms with Gasteiger partial charge >= 0.3 is 0 Å². The molecule has 1 aliphatic rings. The van der Waals surface area contributed by atoms with Crippen LogP contribution in [0.15, 0.2) is 16.5 Å². The molecule has 0 aliphatic carbocycles. The molecular formula is C12H18N2O2. The first-order valence-electron chi connectivity index (χ1n) is 5.77. The largest absolute Gasteiger partial charge is 0.464 e. The Balaban J connectivity index is 1.91. The molecule has 1 fully saturated rings. The number of nitrogens with one attached hydrogen (secondary N) is 2. The second-order valence-electron chi connectivity index (χ2n) is 4.33. The van der Waals surface area contributed by atoms with Gasteiger partial charge in [-0.1, -0.05) is 0 Å². The topological polar surface area (TPSA) is 54.3 Å². The summed E-state index contributed by atoms with van der Waals surface area (Å²) >= 11 is 0. The molecule has 1 aromatic heterocycles. The Hall–Kier alpha value is -1.29. The lowest BCUT2D eigenvalue weighted by atomic mass is 10.2. The lowest BCUT2D eigenvalue weighted by Gasteiger charge is -2.15. The van der Waals surface area contributed by atoms with Crippen molar-refractivity contribution in [3.8, 4) is 0 Å². The lowest BCUT2D eigenvalue weighted by molar-refractivity contribution is -0.123. The first kappa shape index (κ1) is 11.2. The number of hydrogen-bond donors (Lipinski definition) is 2. The van der Waals surface area contributed by atoms with Gasteiger partial charge in [-0.25, -0.2) is 0 Å². The Morgan fingerprint density at radius 3 is 3.00 bits per heavy atom. The van der Waals surface area contributed by atoms with E-state index in [4.69, 9.17) is 4.42 Å². The summed E-state index contributed by atoms with van der Waals surface area (Å²) in [5, 5.41) is 6.13. The van der Waals surface area contributed by atoms with Crippen LogP contribution in [-0.4, -0.2) is 18.5 Å². The van der Waals surface area contributed by atoms with E-state index < -0.39 is 0 Å². The van der Waals surface area contributed by atoms with Crippen LogP contribution in [0.1, 0.15) is 37.3 Å². The van der Waals surface area contributed by atoms with Gasteiger partial charge < -0.3 is 15.1 Å². The molecule has 1 aliphatic heterocycles. The molecule has 2 atom stereocenters. The van der Waals surface area contributed by atoms with Crippen LogP contribution in [0.4, 0.5) is 0 Å². The van der Waals surface area contributed by atoms with Crippen LogP contribution in [0, 0.1) is 6.92 Å². The normalized spacial score (nSPS) is 22.0. The quantitative estimate of drug-likeness (QED) is 0.815. The zero-order chi connectivity index (χ0) is 11.5. The van der Waals surface area contributed by atoms with Gasteiger partial charge in [-0.2, -0.15) is 0 Å². The third-order valence-electron chi connectivity index (χ3n) is 2.92. The second-order valence-corrected chi connectivity index (χ2v) is 4.33. The molecule has 4 heteroatoms. The molecule has 16 heavy (non-hydrogen) atoms. The number of carbonyl (C=O) groups is 1. The first-order valence-corrected chi connectivity index (χ1v) is 5.77. The van der Waals surface area contributed by atoms with Crippen LogP contribution >= 0.6 is 0 Å². The maximum absolute atomic E-state index is 11.8. The molecule has 4 nitrogen and oxygen atoms in total. The minimum atomic E-state index is -0.0661. The van der Waals surface area contributed by atoms with Gasteiger partial charge in [0.2, 0.25) is 5.91 Å². The predicted octanol–water partition coefficient (Wildman–Crippen LogP) is 1.52. The third kappa shape index (κ3) is 2.44. The standard InChI is InChI=1S/C12H18N2O2/c1-8-5-6-11(16-8)9(2)14-12(15)10-4-3-7-13-10/h5-6,9-10,13H,3-4,7H2,1-2H3,(H,14,15)/t9?,10-/m0/s1. The highest BCUT2D eigenvalue weighted by molar-refractivity contribution is 5.82. The van der Waals surface area contributed by atoms with Crippen molar-refractivity contribution in [2.24, 2.45) is 0 Å². The average Bonchev–Trinajstić information content (AvgIpc) is 2.87. The zero-order valence-corrected chi connectivity index (χ0v) is 9.75. The molecule has 0 radical (unpaired) electrons. The number of hydrogen-bond acceptors (Lipinski definition) is 3. The van der Waals surface area contributed by atoms with Crippen LogP contribution in [0.25, 0.3) is 0 Å². The monoisotopic (exact) mass is 222 g/mol. The van der Waals surface area contributed by atoms with Crippen molar-refractivity contribution in [3.63, 3.8) is 0 Å². The lowest BCUT2D eigenvalue weighted by Crippen LogP contribution is -2.41. The summed E-state index contributed by atoms with van der Waals surface area (Å²) in [7, 11) is 0. The highest BCUT2D eigenvalue weighted by Crippen LogP contribution is 2.16. The SMILES string of the molecule is Cc1ccc(C(C)NC(=O)[C@@H]2CCCN2)o1. The van der Waals surface area contributed by atoms with E-state index in [1.807, 2.05) is 26.0 Å². The number of carbonyl (C=O) groups excluding carboxylic acids is 1. The summed E-state index contributed by atoms with van der Waals surface area (Å²) in [5.74, 6) is 1.75. The predicted molar refractivity (Wildman–Crippen MR) is 61.0 cm³/mol. The summed E-state index contributed by atoms with van der Waals surface area (Å²) < 4.78 is 5.47. The maximum Gasteiger partial charge on any atom is 0.237 e. The molecule has 1 aromatic rings. The van der Waals surface area contributed by atoms with Gasteiger partial charge in [0.15, 0.2) is 0 Å². The summed E-state index contributed by atoms with van der Waals surface area (Å²) in [4.78, 5) is 11.8. The first-order chi connectivity index (χ1) is 7.66. The van der Waals surface area contributed by atoms with Crippen LogP contribution in [0.2, 0.25) is 0 Å². The van der Waals surface area contributed by atoms with Gasteiger partial charge in [0.05, 0.1) is 12.1 Å². The molecule has 1 amide bonds. The average molecular weight is 222 g/mol. The highest BCUT2D eigenvalue weighted by atomic mass is 16.3. The molecule has 0 aromatic carbocycles. The van der Waals surface area contributed by atoms with E-state index in [1.54, 1.807) is 0 Å². The fourth-order valence-corrected chi connectivity index (χ4v) is 1.98. The van der Waals surface area contributed by atoms with E-state index in [0.29, 0.717) is 0 Å². The zero-order valence-electron chi connectivity index (χ0n) is 9.75. The van der Waals surface area contributed by atoms with Gasteiger partial charge in [-0.3, -0.25) is 4.79 Å². The fourth-order valence-electron chi connectivity index (χ4n) is 1.98. The van der Waals surface area contributed by atoms with Crippen molar-refractivity contribution in [3.05, 3.63) is 23.7 Å². The third-order valence-corrected chi connectivity index (χ3v) is 2.92. The molecule has 0 saturated carbocycles. The Labute approximate surface area is 95.4 Å². The molecule has 2 heterocycles. The second kappa shape index (κ2) is 4.70. The summed E-state index contributed by atoms with van der Waals surface area (Å²) in [6.07, 6.45) is 2.00. The molecule has 1 saturated heterocycles. The van der Waals surface area contributed by atoms with Crippen LogP contribution in [-0.2, 0) is 4.79 Å². The van der Waals surface area contributed by atoms with E-state index in [2.05, 4.69) is 10.6 Å². The summed E-state index contributed by atoms with van der Waals surface area (Å²) in [6, 6.07) is 3.72. The van der Waals surface area contributed by atoms with Crippen molar-refractivity contribution < 1.29 is 9.21 Å².